The fourth-order valence-corrected chi connectivity index (χ4v) is 2.18. The summed E-state index contributed by atoms with van der Waals surface area (Å²) in [4.78, 5) is 0. The molecule has 0 unspecified atom stereocenters. The van der Waals surface area contributed by atoms with E-state index in [0.29, 0.717) is 37.7 Å². The van der Waals surface area contributed by atoms with E-state index in [4.69, 9.17) is 23.7 Å². The summed E-state index contributed by atoms with van der Waals surface area (Å²) in [6, 6.07) is 5.72. The SMILES string of the molecule is CCOC(Cc1ccc(OC)c(OC)c1)(OCC)OCC. The van der Waals surface area contributed by atoms with Crippen LogP contribution in [0.5, 0.6) is 11.5 Å². The van der Waals surface area contributed by atoms with E-state index in [1.165, 1.54) is 0 Å². The van der Waals surface area contributed by atoms with E-state index in [2.05, 4.69) is 0 Å². The molecule has 0 atom stereocenters. The number of hydrogen-bond donors (Lipinski definition) is 0. The maximum Gasteiger partial charge on any atom is 0.287 e. The van der Waals surface area contributed by atoms with Crippen LogP contribution in [0, 0.1) is 0 Å². The van der Waals surface area contributed by atoms with Gasteiger partial charge in [-0.2, -0.15) is 0 Å². The number of rotatable bonds is 10. The van der Waals surface area contributed by atoms with Crippen molar-refractivity contribution in [1.82, 2.24) is 0 Å². The van der Waals surface area contributed by atoms with Crippen LogP contribution in [-0.2, 0) is 20.6 Å². The molecule has 0 amide bonds. The van der Waals surface area contributed by atoms with E-state index >= 15 is 0 Å². The van der Waals surface area contributed by atoms with Crippen molar-refractivity contribution in [2.75, 3.05) is 34.0 Å². The predicted molar refractivity (Wildman–Crippen MR) is 80.9 cm³/mol. The van der Waals surface area contributed by atoms with Gasteiger partial charge < -0.3 is 23.7 Å². The fourth-order valence-electron chi connectivity index (χ4n) is 2.18. The van der Waals surface area contributed by atoms with Crippen LogP contribution >= 0.6 is 0 Å². The van der Waals surface area contributed by atoms with E-state index in [-0.39, 0.29) is 0 Å². The van der Waals surface area contributed by atoms with Gasteiger partial charge in [-0.1, -0.05) is 6.07 Å². The molecule has 0 aliphatic heterocycles. The Kier molecular flexibility index (Phi) is 7.50. The van der Waals surface area contributed by atoms with Crippen molar-refractivity contribution < 1.29 is 23.7 Å². The van der Waals surface area contributed by atoms with Gasteiger partial charge in [0.2, 0.25) is 0 Å². The van der Waals surface area contributed by atoms with Gasteiger partial charge in [0.15, 0.2) is 11.5 Å². The van der Waals surface area contributed by atoms with Crippen molar-refractivity contribution in [2.24, 2.45) is 0 Å². The van der Waals surface area contributed by atoms with Crippen LogP contribution in [0.15, 0.2) is 18.2 Å². The maximum absolute atomic E-state index is 5.73. The molecule has 0 heterocycles. The van der Waals surface area contributed by atoms with Gasteiger partial charge in [0.25, 0.3) is 5.97 Å². The van der Waals surface area contributed by atoms with Crippen LogP contribution in [0.1, 0.15) is 26.3 Å². The summed E-state index contributed by atoms with van der Waals surface area (Å²) >= 11 is 0. The molecule has 1 aromatic carbocycles. The molecule has 120 valence electrons. The molecule has 0 radical (unpaired) electrons. The third kappa shape index (κ3) is 4.88. The highest BCUT2D eigenvalue weighted by Gasteiger charge is 2.33. The normalized spacial score (nSPS) is 11.5. The summed E-state index contributed by atoms with van der Waals surface area (Å²) in [6.07, 6.45) is 0.475. The van der Waals surface area contributed by atoms with Crippen molar-refractivity contribution in [3.05, 3.63) is 23.8 Å². The lowest BCUT2D eigenvalue weighted by Crippen LogP contribution is -2.41. The average molecular weight is 298 g/mol. The quantitative estimate of drug-likeness (QED) is 0.621. The molecule has 0 aliphatic carbocycles. The summed E-state index contributed by atoms with van der Waals surface area (Å²) in [7, 11) is 3.23. The number of hydrogen-bond acceptors (Lipinski definition) is 5. The number of benzene rings is 1. The highest BCUT2D eigenvalue weighted by Crippen LogP contribution is 2.30. The topological polar surface area (TPSA) is 46.2 Å². The Balaban J connectivity index is 3.01. The minimum atomic E-state index is -1.06. The number of methoxy groups -OCH3 is 2. The molecule has 1 aromatic rings. The summed E-state index contributed by atoms with van der Waals surface area (Å²) < 4.78 is 27.8. The van der Waals surface area contributed by atoms with Crippen LogP contribution < -0.4 is 9.47 Å². The Morgan fingerprint density at radius 1 is 0.810 bits per heavy atom. The van der Waals surface area contributed by atoms with E-state index < -0.39 is 5.97 Å². The standard InChI is InChI=1S/C16H26O5/c1-6-19-16(20-7-2,21-8-3)12-13-9-10-14(17-4)15(11-13)18-5/h9-11H,6-8,12H2,1-5H3. The second-order valence-corrected chi connectivity index (χ2v) is 4.35. The maximum atomic E-state index is 5.73. The third-order valence-corrected chi connectivity index (χ3v) is 2.96. The fraction of sp³-hybridized carbons (Fsp3) is 0.625. The van der Waals surface area contributed by atoms with Gasteiger partial charge in [-0.05, 0) is 38.5 Å². The summed E-state index contributed by atoms with van der Waals surface area (Å²) in [5, 5.41) is 0. The highest BCUT2D eigenvalue weighted by molar-refractivity contribution is 5.43. The van der Waals surface area contributed by atoms with E-state index in [1.807, 2.05) is 39.0 Å². The van der Waals surface area contributed by atoms with Crippen molar-refractivity contribution in [2.45, 2.75) is 33.2 Å². The van der Waals surface area contributed by atoms with Crippen LogP contribution in [0.2, 0.25) is 0 Å². The number of ether oxygens (including phenoxy) is 5. The molecule has 5 nitrogen and oxygen atoms in total. The minimum absolute atomic E-state index is 0.475. The Labute approximate surface area is 127 Å². The van der Waals surface area contributed by atoms with Gasteiger partial charge >= 0.3 is 0 Å². The molecule has 21 heavy (non-hydrogen) atoms. The van der Waals surface area contributed by atoms with Crippen molar-refractivity contribution in [3.8, 4) is 11.5 Å². The lowest BCUT2D eigenvalue weighted by atomic mass is 10.1. The lowest BCUT2D eigenvalue weighted by molar-refractivity contribution is -0.376. The van der Waals surface area contributed by atoms with Crippen LogP contribution in [0.3, 0.4) is 0 Å². The summed E-state index contributed by atoms with van der Waals surface area (Å²) in [5.74, 6) is 0.308. The van der Waals surface area contributed by atoms with Crippen LogP contribution in [0.4, 0.5) is 0 Å². The van der Waals surface area contributed by atoms with E-state index in [1.54, 1.807) is 14.2 Å². The highest BCUT2D eigenvalue weighted by atomic mass is 16.9. The molecule has 1 rings (SSSR count). The van der Waals surface area contributed by atoms with Gasteiger partial charge in [0, 0.05) is 19.8 Å². The molecule has 0 fully saturated rings. The summed E-state index contributed by atoms with van der Waals surface area (Å²) in [6.45, 7) is 7.28. The molecule has 0 spiro atoms. The summed E-state index contributed by atoms with van der Waals surface area (Å²) in [5.41, 5.74) is 0.989. The van der Waals surface area contributed by atoms with E-state index in [0.717, 1.165) is 5.56 Å². The zero-order valence-electron chi connectivity index (χ0n) is 13.6. The second kappa shape index (κ2) is 8.87. The van der Waals surface area contributed by atoms with Gasteiger partial charge in [-0.25, -0.2) is 0 Å². The van der Waals surface area contributed by atoms with Gasteiger partial charge in [0.05, 0.1) is 20.6 Å². The zero-order valence-corrected chi connectivity index (χ0v) is 13.6. The minimum Gasteiger partial charge on any atom is -0.493 e. The molecule has 5 heteroatoms. The first kappa shape index (κ1) is 17.8. The Bertz CT molecular complexity index is 402. The molecular formula is C16H26O5. The smallest absolute Gasteiger partial charge is 0.287 e. The largest absolute Gasteiger partial charge is 0.493 e. The van der Waals surface area contributed by atoms with Gasteiger partial charge in [0.1, 0.15) is 0 Å². The molecule has 0 bridgehead atoms. The van der Waals surface area contributed by atoms with Crippen LogP contribution in [0.25, 0.3) is 0 Å². The molecule has 0 aliphatic rings. The van der Waals surface area contributed by atoms with Crippen molar-refractivity contribution in [1.29, 1.82) is 0 Å². The Morgan fingerprint density at radius 2 is 1.33 bits per heavy atom. The van der Waals surface area contributed by atoms with Crippen LogP contribution in [-0.4, -0.2) is 40.0 Å². The first-order chi connectivity index (χ1) is 10.1. The molecule has 0 saturated heterocycles. The average Bonchev–Trinajstić information content (AvgIpc) is 2.48. The molecule has 0 aromatic heterocycles. The Hall–Kier alpha value is -1.30. The first-order valence-corrected chi connectivity index (χ1v) is 7.27. The van der Waals surface area contributed by atoms with Crippen molar-refractivity contribution >= 4 is 0 Å². The zero-order chi connectivity index (χ0) is 15.7. The third-order valence-electron chi connectivity index (χ3n) is 2.96. The molecule has 0 N–H and O–H groups in total. The monoisotopic (exact) mass is 298 g/mol. The first-order valence-electron chi connectivity index (χ1n) is 7.27. The van der Waals surface area contributed by atoms with Crippen molar-refractivity contribution in [3.63, 3.8) is 0 Å². The predicted octanol–water partition coefficient (Wildman–Crippen LogP) is 3.01. The van der Waals surface area contributed by atoms with Gasteiger partial charge in [-0.3, -0.25) is 0 Å². The van der Waals surface area contributed by atoms with Gasteiger partial charge in [-0.15, -0.1) is 0 Å². The second-order valence-electron chi connectivity index (χ2n) is 4.35. The molecule has 0 saturated carbocycles. The van der Waals surface area contributed by atoms with E-state index in [9.17, 15) is 0 Å². The Morgan fingerprint density at radius 3 is 1.76 bits per heavy atom. The lowest BCUT2D eigenvalue weighted by Gasteiger charge is -2.32. The molecular weight excluding hydrogens is 272 g/mol.